The zero-order valence-corrected chi connectivity index (χ0v) is 21.6. The van der Waals surface area contributed by atoms with E-state index in [2.05, 4.69) is 78.9 Å². The summed E-state index contributed by atoms with van der Waals surface area (Å²) < 4.78 is 0. The molecule has 1 heterocycles. The molecule has 7 aromatic rings. The zero-order chi connectivity index (χ0) is 26.5. The molecule has 0 radical (unpaired) electrons. The lowest BCUT2D eigenvalue weighted by Gasteiger charge is -2.15. The van der Waals surface area contributed by atoms with Gasteiger partial charge in [0, 0.05) is 22.3 Å². The normalized spacial score (nSPS) is 11.5. The quantitative estimate of drug-likeness (QED) is 0.237. The minimum atomic E-state index is 0.666. The van der Waals surface area contributed by atoms with Crippen LogP contribution in [-0.2, 0) is 0 Å². The van der Waals surface area contributed by atoms with E-state index in [0.717, 1.165) is 16.7 Å². The minimum Gasteiger partial charge on any atom is -0.208 e. The maximum Gasteiger partial charge on any atom is 0.164 e. The second-order valence-electron chi connectivity index (χ2n) is 10.0. The van der Waals surface area contributed by atoms with Crippen LogP contribution < -0.4 is 0 Å². The first-order chi connectivity index (χ1) is 19.8. The Morgan fingerprint density at radius 1 is 0.300 bits per heavy atom. The van der Waals surface area contributed by atoms with Gasteiger partial charge in [0.15, 0.2) is 17.5 Å². The average Bonchev–Trinajstić information content (AvgIpc) is 3.38. The number of benzene rings is 6. The predicted molar refractivity (Wildman–Crippen MR) is 164 cm³/mol. The van der Waals surface area contributed by atoms with E-state index in [1.165, 1.54) is 44.2 Å². The maximum atomic E-state index is 5.08. The Labute approximate surface area is 232 Å². The fourth-order valence-electron chi connectivity index (χ4n) is 5.88. The van der Waals surface area contributed by atoms with E-state index in [0.29, 0.717) is 17.5 Å². The van der Waals surface area contributed by atoms with Crippen molar-refractivity contribution in [2.45, 2.75) is 0 Å². The van der Waals surface area contributed by atoms with Crippen LogP contribution in [0, 0.1) is 0 Å². The molecule has 40 heavy (non-hydrogen) atoms. The highest BCUT2D eigenvalue weighted by Gasteiger charge is 2.28. The van der Waals surface area contributed by atoms with Crippen molar-refractivity contribution < 1.29 is 0 Å². The van der Waals surface area contributed by atoms with E-state index in [-0.39, 0.29) is 0 Å². The molecule has 1 aliphatic rings. The Morgan fingerprint density at radius 3 is 1.48 bits per heavy atom. The fraction of sp³-hybridized carbons (Fsp3) is 0. The second kappa shape index (κ2) is 9.11. The van der Waals surface area contributed by atoms with Crippen molar-refractivity contribution in [3.63, 3.8) is 0 Å². The topological polar surface area (TPSA) is 38.7 Å². The standard InChI is InChI=1S/C37H23N3/c1-4-12-24(13-5-1)28-23-22-25-18-10-19-29-30-20-11-21-31(33(30)34(28)32(25)29)37-39-35(26-14-6-2-7-15-26)38-36(40-37)27-16-8-3-9-17-27/h1-23H. The Balaban J connectivity index is 1.44. The van der Waals surface area contributed by atoms with Gasteiger partial charge in [0.25, 0.3) is 0 Å². The van der Waals surface area contributed by atoms with Crippen LogP contribution in [-0.4, -0.2) is 15.0 Å². The van der Waals surface area contributed by atoms with Crippen LogP contribution in [0.5, 0.6) is 0 Å². The molecule has 0 atom stereocenters. The van der Waals surface area contributed by atoms with E-state index in [1.807, 2.05) is 60.7 Å². The lowest BCUT2D eigenvalue weighted by atomic mass is 9.90. The first-order valence-electron chi connectivity index (χ1n) is 13.5. The van der Waals surface area contributed by atoms with Gasteiger partial charge in [-0.3, -0.25) is 0 Å². The summed E-state index contributed by atoms with van der Waals surface area (Å²) in [6.45, 7) is 0. The number of hydrogen-bond acceptors (Lipinski definition) is 3. The average molecular weight is 510 g/mol. The van der Waals surface area contributed by atoms with Gasteiger partial charge in [0.1, 0.15) is 0 Å². The minimum absolute atomic E-state index is 0.666. The van der Waals surface area contributed by atoms with Crippen molar-refractivity contribution >= 4 is 10.8 Å². The summed E-state index contributed by atoms with van der Waals surface area (Å²) >= 11 is 0. The molecule has 0 saturated heterocycles. The molecule has 1 aromatic heterocycles. The summed E-state index contributed by atoms with van der Waals surface area (Å²) in [5.74, 6) is 2.01. The molecule has 0 amide bonds. The number of nitrogens with zero attached hydrogens (tertiary/aromatic N) is 3. The molecule has 6 aromatic carbocycles. The molecule has 3 heteroatoms. The van der Waals surface area contributed by atoms with Gasteiger partial charge in [-0.1, -0.05) is 140 Å². The van der Waals surface area contributed by atoms with E-state index in [9.17, 15) is 0 Å². The smallest absolute Gasteiger partial charge is 0.164 e. The van der Waals surface area contributed by atoms with Crippen LogP contribution in [0.4, 0.5) is 0 Å². The summed E-state index contributed by atoms with van der Waals surface area (Å²) in [6, 6.07) is 48.5. The molecule has 1 aliphatic carbocycles. The first-order valence-corrected chi connectivity index (χ1v) is 13.5. The van der Waals surface area contributed by atoms with Crippen molar-refractivity contribution in [1.82, 2.24) is 15.0 Å². The van der Waals surface area contributed by atoms with Crippen molar-refractivity contribution in [1.29, 1.82) is 0 Å². The summed E-state index contributed by atoms with van der Waals surface area (Å²) in [5, 5.41) is 2.52. The molecule has 0 bridgehead atoms. The van der Waals surface area contributed by atoms with Crippen LogP contribution >= 0.6 is 0 Å². The third kappa shape index (κ3) is 3.56. The largest absolute Gasteiger partial charge is 0.208 e. The summed E-state index contributed by atoms with van der Waals surface area (Å²) in [5.41, 5.74) is 10.2. The van der Waals surface area contributed by atoms with Crippen LogP contribution in [0.3, 0.4) is 0 Å². The second-order valence-corrected chi connectivity index (χ2v) is 10.0. The van der Waals surface area contributed by atoms with Crippen LogP contribution in [0.1, 0.15) is 0 Å². The molecule has 0 saturated carbocycles. The molecule has 0 N–H and O–H groups in total. The van der Waals surface area contributed by atoms with E-state index in [4.69, 9.17) is 15.0 Å². The number of aromatic nitrogens is 3. The lowest BCUT2D eigenvalue weighted by molar-refractivity contribution is 1.07. The molecule has 8 rings (SSSR count). The number of rotatable bonds is 4. The van der Waals surface area contributed by atoms with Crippen LogP contribution in [0.15, 0.2) is 140 Å². The van der Waals surface area contributed by atoms with Crippen molar-refractivity contribution in [2.24, 2.45) is 0 Å². The third-order valence-corrected chi connectivity index (χ3v) is 7.68. The highest BCUT2D eigenvalue weighted by Crippen LogP contribution is 2.54. The molecule has 0 spiro atoms. The van der Waals surface area contributed by atoms with Gasteiger partial charge in [0.05, 0.1) is 0 Å². The molecular weight excluding hydrogens is 486 g/mol. The SMILES string of the molecule is c1ccc(-c2nc(-c3ccccc3)nc(-c3cccc4c3-c3c(-c5ccccc5)ccc5cccc-4c35)n2)cc1. The molecule has 3 nitrogen and oxygen atoms in total. The van der Waals surface area contributed by atoms with Gasteiger partial charge < -0.3 is 0 Å². The maximum absolute atomic E-state index is 5.08. The zero-order valence-electron chi connectivity index (χ0n) is 21.6. The highest BCUT2D eigenvalue weighted by atomic mass is 15.0. The Morgan fingerprint density at radius 2 is 0.825 bits per heavy atom. The Bertz CT molecular complexity index is 1970. The van der Waals surface area contributed by atoms with Crippen molar-refractivity contribution in [2.75, 3.05) is 0 Å². The van der Waals surface area contributed by atoms with Gasteiger partial charge in [-0.25, -0.2) is 15.0 Å². The van der Waals surface area contributed by atoms with Gasteiger partial charge in [-0.15, -0.1) is 0 Å². The number of hydrogen-bond donors (Lipinski definition) is 0. The summed E-state index contributed by atoms with van der Waals surface area (Å²) in [4.78, 5) is 15.1. The monoisotopic (exact) mass is 509 g/mol. The van der Waals surface area contributed by atoms with E-state index in [1.54, 1.807) is 0 Å². The summed E-state index contributed by atoms with van der Waals surface area (Å²) in [6.07, 6.45) is 0. The van der Waals surface area contributed by atoms with E-state index < -0.39 is 0 Å². The molecule has 0 aliphatic heterocycles. The Hall–Kier alpha value is -5.41. The summed E-state index contributed by atoms with van der Waals surface area (Å²) in [7, 11) is 0. The molecule has 0 fully saturated rings. The molecular formula is C37H23N3. The van der Waals surface area contributed by atoms with Gasteiger partial charge >= 0.3 is 0 Å². The van der Waals surface area contributed by atoms with Crippen molar-refractivity contribution in [3.8, 4) is 67.5 Å². The van der Waals surface area contributed by atoms with E-state index >= 15 is 0 Å². The van der Waals surface area contributed by atoms with Crippen LogP contribution in [0.2, 0.25) is 0 Å². The first kappa shape index (κ1) is 22.6. The van der Waals surface area contributed by atoms with Crippen molar-refractivity contribution in [3.05, 3.63) is 140 Å². The Kier molecular flexibility index (Phi) is 5.14. The van der Waals surface area contributed by atoms with Gasteiger partial charge in [-0.2, -0.15) is 0 Å². The fourth-order valence-corrected chi connectivity index (χ4v) is 5.88. The van der Waals surface area contributed by atoms with Crippen LogP contribution in [0.25, 0.3) is 78.3 Å². The third-order valence-electron chi connectivity index (χ3n) is 7.68. The number of fused-ring (bicyclic) bond motifs is 3. The molecule has 0 unspecified atom stereocenters. The predicted octanol–water partition coefficient (Wildman–Crippen LogP) is 9.34. The molecule has 186 valence electrons. The van der Waals surface area contributed by atoms with Gasteiger partial charge in [0.2, 0.25) is 0 Å². The van der Waals surface area contributed by atoms with Gasteiger partial charge in [-0.05, 0) is 38.6 Å². The highest BCUT2D eigenvalue weighted by molar-refractivity contribution is 6.21. The lowest BCUT2D eigenvalue weighted by Crippen LogP contribution is -2.01.